The Morgan fingerprint density at radius 1 is 1.35 bits per heavy atom. The van der Waals surface area contributed by atoms with Crippen molar-refractivity contribution in [1.29, 1.82) is 0 Å². The summed E-state index contributed by atoms with van der Waals surface area (Å²) in [5.41, 5.74) is 2.41. The van der Waals surface area contributed by atoms with Crippen LogP contribution in [0.5, 0.6) is 0 Å². The molecule has 1 aromatic carbocycles. The zero-order valence-electron chi connectivity index (χ0n) is 9.54. The second-order valence-electron chi connectivity index (χ2n) is 4.57. The highest BCUT2D eigenvalue weighted by molar-refractivity contribution is 7.09. The summed E-state index contributed by atoms with van der Waals surface area (Å²) >= 11 is 1.68. The smallest absolute Gasteiger partial charge is 0.0928 e. The van der Waals surface area contributed by atoms with Crippen molar-refractivity contribution in [2.45, 2.75) is 25.4 Å². The Morgan fingerprint density at radius 3 is 3.06 bits per heavy atom. The highest BCUT2D eigenvalue weighted by Crippen LogP contribution is 2.36. The van der Waals surface area contributed by atoms with E-state index in [2.05, 4.69) is 11.1 Å². The van der Waals surface area contributed by atoms with Crippen LogP contribution in [-0.4, -0.2) is 10.1 Å². The summed E-state index contributed by atoms with van der Waals surface area (Å²) in [5.74, 6) is 0.316. The van der Waals surface area contributed by atoms with Gasteiger partial charge in [0.25, 0.3) is 0 Å². The Morgan fingerprint density at radius 2 is 2.24 bits per heavy atom. The molecule has 0 spiro atoms. The normalized spacial score (nSPS) is 23.4. The molecule has 1 aliphatic rings. The van der Waals surface area contributed by atoms with Crippen molar-refractivity contribution in [1.82, 2.24) is 4.98 Å². The molecule has 0 amide bonds. The molecule has 2 unspecified atom stereocenters. The molecule has 1 heterocycles. The molecule has 17 heavy (non-hydrogen) atoms. The fraction of sp³-hybridized carbons (Fsp3) is 0.357. The largest absolute Gasteiger partial charge is 0.388 e. The summed E-state index contributed by atoms with van der Waals surface area (Å²) < 4.78 is 0. The average Bonchev–Trinajstić information content (AvgIpc) is 2.86. The Kier molecular flexibility index (Phi) is 2.95. The third-order valence-electron chi connectivity index (χ3n) is 3.52. The van der Waals surface area contributed by atoms with E-state index in [0.717, 1.165) is 29.8 Å². The molecule has 1 N–H and O–H groups in total. The predicted octanol–water partition coefficient (Wildman–Crippen LogP) is 2.98. The number of rotatable bonds is 2. The zero-order valence-corrected chi connectivity index (χ0v) is 10.4. The molecule has 2 nitrogen and oxygen atoms in total. The number of aryl methyl sites for hydroxylation is 1. The minimum atomic E-state index is -0.330. The lowest BCUT2D eigenvalue weighted by atomic mass is 9.80. The van der Waals surface area contributed by atoms with Crippen LogP contribution < -0.4 is 0 Å². The van der Waals surface area contributed by atoms with Crippen LogP contribution in [0.1, 0.15) is 28.7 Å². The number of aromatic nitrogens is 1. The third kappa shape index (κ3) is 2.13. The molecular formula is C14H15NOS. The van der Waals surface area contributed by atoms with Crippen molar-refractivity contribution in [3.8, 4) is 0 Å². The van der Waals surface area contributed by atoms with Gasteiger partial charge in [0, 0.05) is 18.0 Å². The maximum Gasteiger partial charge on any atom is 0.0928 e. The molecule has 3 heteroatoms. The van der Waals surface area contributed by atoms with Crippen molar-refractivity contribution in [2.24, 2.45) is 5.92 Å². The maximum absolute atomic E-state index is 10.4. The molecular weight excluding hydrogens is 230 g/mol. The molecule has 1 aromatic heterocycles. The number of aliphatic hydroxyl groups excluding tert-OH is 1. The summed E-state index contributed by atoms with van der Waals surface area (Å²) in [4.78, 5) is 4.31. The predicted molar refractivity (Wildman–Crippen MR) is 69.0 cm³/mol. The topological polar surface area (TPSA) is 33.1 Å². The molecule has 0 saturated carbocycles. The van der Waals surface area contributed by atoms with E-state index >= 15 is 0 Å². The van der Waals surface area contributed by atoms with Gasteiger partial charge in [-0.3, -0.25) is 0 Å². The van der Waals surface area contributed by atoms with E-state index in [1.807, 2.05) is 29.8 Å². The first-order valence-electron chi connectivity index (χ1n) is 5.99. The SMILES string of the molecule is OC1c2ccccc2CCC1Cc1nccs1. The van der Waals surface area contributed by atoms with Gasteiger partial charge in [0.15, 0.2) is 0 Å². The van der Waals surface area contributed by atoms with E-state index in [-0.39, 0.29) is 6.10 Å². The lowest BCUT2D eigenvalue weighted by Crippen LogP contribution is -2.22. The van der Waals surface area contributed by atoms with Crippen molar-refractivity contribution >= 4 is 11.3 Å². The van der Waals surface area contributed by atoms with Crippen LogP contribution in [0.15, 0.2) is 35.8 Å². The lowest BCUT2D eigenvalue weighted by Gasteiger charge is -2.29. The molecule has 0 saturated heterocycles. The number of aliphatic hydroxyl groups is 1. The fourth-order valence-electron chi connectivity index (χ4n) is 2.59. The first-order chi connectivity index (χ1) is 8.34. The van der Waals surface area contributed by atoms with E-state index in [1.54, 1.807) is 11.3 Å². The molecule has 2 atom stereocenters. The number of hydrogen-bond donors (Lipinski definition) is 1. The van der Waals surface area contributed by atoms with Gasteiger partial charge in [-0.25, -0.2) is 4.98 Å². The highest BCUT2D eigenvalue weighted by atomic mass is 32.1. The van der Waals surface area contributed by atoms with E-state index in [9.17, 15) is 5.11 Å². The summed E-state index contributed by atoms with van der Waals surface area (Å²) in [6.07, 6.45) is 4.53. The minimum absolute atomic E-state index is 0.316. The summed E-state index contributed by atoms with van der Waals surface area (Å²) in [7, 11) is 0. The second kappa shape index (κ2) is 4.59. The Bertz CT molecular complexity index is 495. The number of thiazole rings is 1. The first-order valence-corrected chi connectivity index (χ1v) is 6.87. The average molecular weight is 245 g/mol. The van der Waals surface area contributed by atoms with Crippen LogP contribution in [0, 0.1) is 5.92 Å². The van der Waals surface area contributed by atoms with Crippen molar-refractivity contribution < 1.29 is 5.11 Å². The first kappa shape index (κ1) is 10.9. The quantitative estimate of drug-likeness (QED) is 0.882. The van der Waals surface area contributed by atoms with Crippen molar-refractivity contribution in [3.05, 3.63) is 52.0 Å². The van der Waals surface area contributed by atoms with Crippen LogP contribution >= 0.6 is 11.3 Å². The molecule has 1 aliphatic carbocycles. The van der Waals surface area contributed by atoms with Gasteiger partial charge in [0.1, 0.15) is 0 Å². The molecule has 3 rings (SSSR count). The molecule has 0 radical (unpaired) electrons. The van der Waals surface area contributed by atoms with E-state index in [0.29, 0.717) is 5.92 Å². The van der Waals surface area contributed by atoms with Crippen molar-refractivity contribution in [2.75, 3.05) is 0 Å². The van der Waals surface area contributed by atoms with Gasteiger partial charge < -0.3 is 5.11 Å². The van der Waals surface area contributed by atoms with Gasteiger partial charge in [-0.1, -0.05) is 24.3 Å². The molecule has 2 aromatic rings. The maximum atomic E-state index is 10.4. The Balaban J connectivity index is 1.82. The number of nitrogens with zero attached hydrogens (tertiary/aromatic N) is 1. The van der Waals surface area contributed by atoms with E-state index in [4.69, 9.17) is 0 Å². The van der Waals surface area contributed by atoms with Gasteiger partial charge >= 0.3 is 0 Å². The van der Waals surface area contributed by atoms with Crippen LogP contribution in [-0.2, 0) is 12.8 Å². The standard InChI is InChI=1S/C14H15NOS/c16-14-11(9-13-15-7-8-17-13)6-5-10-3-1-2-4-12(10)14/h1-4,7-8,11,14,16H,5-6,9H2. The van der Waals surface area contributed by atoms with Gasteiger partial charge in [-0.05, 0) is 29.9 Å². The summed E-state index contributed by atoms with van der Waals surface area (Å²) in [5, 5.41) is 13.5. The van der Waals surface area contributed by atoms with Gasteiger partial charge in [-0.15, -0.1) is 11.3 Å². The molecule has 0 bridgehead atoms. The summed E-state index contributed by atoms with van der Waals surface area (Å²) in [6, 6.07) is 8.23. The highest BCUT2D eigenvalue weighted by Gasteiger charge is 2.28. The zero-order chi connectivity index (χ0) is 11.7. The fourth-order valence-corrected chi connectivity index (χ4v) is 3.31. The van der Waals surface area contributed by atoms with Crippen LogP contribution in [0.3, 0.4) is 0 Å². The van der Waals surface area contributed by atoms with E-state index in [1.165, 1.54) is 5.56 Å². The van der Waals surface area contributed by atoms with E-state index < -0.39 is 0 Å². The second-order valence-corrected chi connectivity index (χ2v) is 5.55. The Hall–Kier alpha value is -1.19. The number of hydrogen-bond acceptors (Lipinski definition) is 3. The van der Waals surface area contributed by atoms with Gasteiger partial charge in [0.2, 0.25) is 0 Å². The molecule has 88 valence electrons. The lowest BCUT2D eigenvalue weighted by molar-refractivity contribution is 0.0936. The Labute approximate surface area is 105 Å². The monoisotopic (exact) mass is 245 g/mol. The molecule has 0 fully saturated rings. The van der Waals surface area contributed by atoms with Crippen molar-refractivity contribution in [3.63, 3.8) is 0 Å². The number of benzene rings is 1. The van der Waals surface area contributed by atoms with Gasteiger partial charge in [0.05, 0.1) is 11.1 Å². The number of fused-ring (bicyclic) bond motifs is 1. The summed E-state index contributed by atoms with van der Waals surface area (Å²) in [6.45, 7) is 0. The third-order valence-corrected chi connectivity index (χ3v) is 4.33. The van der Waals surface area contributed by atoms with Crippen LogP contribution in [0.2, 0.25) is 0 Å². The van der Waals surface area contributed by atoms with Gasteiger partial charge in [-0.2, -0.15) is 0 Å². The van der Waals surface area contributed by atoms with Crippen LogP contribution in [0.25, 0.3) is 0 Å². The molecule has 0 aliphatic heterocycles. The minimum Gasteiger partial charge on any atom is -0.388 e. The van der Waals surface area contributed by atoms with Crippen LogP contribution in [0.4, 0.5) is 0 Å².